The van der Waals surface area contributed by atoms with Gasteiger partial charge in [0.1, 0.15) is 23.0 Å². The number of nitro groups is 1. The van der Waals surface area contributed by atoms with Crippen molar-refractivity contribution in [2.24, 2.45) is 0 Å². The van der Waals surface area contributed by atoms with Crippen molar-refractivity contribution in [1.82, 2.24) is 5.16 Å². The van der Waals surface area contributed by atoms with Gasteiger partial charge in [0.15, 0.2) is 9.84 Å². The molecule has 1 aromatic carbocycles. The third kappa shape index (κ3) is 3.92. The summed E-state index contributed by atoms with van der Waals surface area (Å²) in [6, 6.07) is 4.60. The first-order valence-corrected chi connectivity index (χ1v) is 8.15. The number of aromatic nitrogens is 1. The van der Waals surface area contributed by atoms with Crippen molar-refractivity contribution in [3.63, 3.8) is 0 Å². The number of benzene rings is 1. The maximum absolute atomic E-state index is 11.9. The van der Waals surface area contributed by atoms with Crippen molar-refractivity contribution >= 4 is 21.5 Å². The van der Waals surface area contributed by atoms with Crippen molar-refractivity contribution in [2.45, 2.75) is 18.4 Å². The molecule has 0 saturated carbocycles. The van der Waals surface area contributed by atoms with E-state index in [1.807, 2.05) is 0 Å². The summed E-state index contributed by atoms with van der Waals surface area (Å²) in [7, 11) is -3.79. The third-order valence-corrected chi connectivity index (χ3v) is 3.96. The molecule has 0 spiro atoms. The topological polar surface area (TPSA) is 130 Å². The van der Waals surface area contributed by atoms with E-state index in [0.29, 0.717) is 11.5 Å². The molecule has 122 valence electrons. The number of rotatable bonds is 5. The minimum Gasteiger partial charge on any atom is -0.455 e. The van der Waals surface area contributed by atoms with Gasteiger partial charge in [-0.05, 0) is 19.1 Å². The molecular formula is C13H12N2O7S. The molecule has 9 nitrogen and oxygen atoms in total. The molecule has 0 amide bonds. The Kier molecular flexibility index (Phi) is 4.45. The summed E-state index contributed by atoms with van der Waals surface area (Å²) in [5.41, 5.74) is -0.429. The zero-order valence-electron chi connectivity index (χ0n) is 12.2. The van der Waals surface area contributed by atoms with E-state index in [9.17, 15) is 23.3 Å². The maximum Gasteiger partial charge on any atom is 0.338 e. The number of nitro benzene ring substituents is 1. The molecular weight excluding hydrogens is 328 g/mol. The Labute approximate surface area is 130 Å². The van der Waals surface area contributed by atoms with Gasteiger partial charge in [-0.1, -0.05) is 5.16 Å². The molecule has 0 saturated heterocycles. The van der Waals surface area contributed by atoms with E-state index in [-0.39, 0.29) is 12.2 Å². The Bertz CT molecular complexity index is 870. The lowest BCUT2D eigenvalue weighted by atomic mass is 10.2. The molecule has 2 rings (SSSR count). The first kappa shape index (κ1) is 16.6. The SMILES string of the molecule is Cc1cc(COC(=O)c2ccc(S(C)(=O)=O)c([N+](=O)[O-])c2)no1. The third-order valence-electron chi connectivity index (χ3n) is 2.82. The number of esters is 1. The fourth-order valence-corrected chi connectivity index (χ4v) is 2.64. The highest BCUT2D eigenvalue weighted by atomic mass is 32.2. The molecule has 0 aliphatic heterocycles. The van der Waals surface area contributed by atoms with Crippen LogP contribution in [-0.4, -0.2) is 30.7 Å². The highest BCUT2D eigenvalue weighted by molar-refractivity contribution is 7.90. The van der Waals surface area contributed by atoms with Crippen molar-refractivity contribution in [1.29, 1.82) is 0 Å². The second-order valence-electron chi connectivity index (χ2n) is 4.72. The molecule has 0 atom stereocenters. The first-order chi connectivity index (χ1) is 10.7. The monoisotopic (exact) mass is 340 g/mol. The molecule has 10 heteroatoms. The molecule has 2 aromatic rings. The molecule has 0 unspecified atom stereocenters. The number of sulfone groups is 1. The number of aryl methyl sites for hydroxylation is 1. The van der Waals surface area contributed by atoms with Crippen molar-refractivity contribution in [3.8, 4) is 0 Å². The van der Waals surface area contributed by atoms with Crippen LogP contribution in [0.4, 0.5) is 5.69 Å². The fourth-order valence-electron chi connectivity index (χ4n) is 1.81. The molecule has 0 bridgehead atoms. The van der Waals surface area contributed by atoms with Gasteiger partial charge in [-0.15, -0.1) is 0 Å². The number of hydrogen-bond donors (Lipinski definition) is 0. The summed E-state index contributed by atoms with van der Waals surface area (Å²) >= 11 is 0. The van der Waals surface area contributed by atoms with Crippen molar-refractivity contribution in [3.05, 3.63) is 51.4 Å². The zero-order valence-corrected chi connectivity index (χ0v) is 13.0. The van der Waals surface area contributed by atoms with E-state index in [0.717, 1.165) is 24.5 Å². The van der Waals surface area contributed by atoms with Crippen LogP contribution in [0.15, 0.2) is 33.7 Å². The van der Waals surface area contributed by atoms with E-state index in [1.54, 1.807) is 13.0 Å². The summed E-state index contributed by atoms with van der Waals surface area (Å²) in [5.74, 6) is -0.294. The van der Waals surface area contributed by atoms with Gasteiger partial charge < -0.3 is 9.26 Å². The van der Waals surface area contributed by atoms with Gasteiger partial charge in [0.25, 0.3) is 5.69 Å². The van der Waals surface area contributed by atoms with E-state index >= 15 is 0 Å². The molecule has 1 heterocycles. The smallest absolute Gasteiger partial charge is 0.338 e. The Morgan fingerprint density at radius 3 is 2.61 bits per heavy atom. The van der Waals surface area contributed by atoms with Gasteiger partial charge in [0.05, 0.1) is 10.5 Å². The lowest BCUT2D eigenvalue weighted by molar-refractivity contribution is -0.387. The number of hydrogen-bond acceptors (Lipinski definition) is 8. The van der Waals surface area contributed by atoms with Crippen LogP contribution in [0.1, 0.15) is 21.8 Å². The Morgan fingerprint density at radius 1 is 1.39 bits per heavy atom. The molecule has 0 N–H and O–H groups in total. The Balaban J connectivity index is 2.24. The van der Waals surface area contributed by atoms with Crippen LogP contribution in [0.5, 0.6) is 0 Å². The predicted octanol–water partition coefficient (Wildman–Crippen LogP) is 1.65. The van der Waals surface area contributed by atoms with Crippen LogP contribution >= 0.6 is 0 Å². The van der Waals surface area contributed by atoms with Crippen molar-refractivity contribution in [2.75, 3.05) is 6.26 Å². The maximum atomic E-state index is 11.9. The average molecular weight is 340 g/mol. The summed E-state index contributed by atoms with van der Waals surface area (Å²) in [6.07, 6.45) is 0.847. The normalized spacial score (nSPS) is 11.2. The van der Waals surface area contributed by atoms with Crippen LogP contribution in [0.25, 0.3) is 0 Å². The predicted molar refractivity (Wildman–Crippen MR) is 76.6 cm³/mol. The van der Waals surface area contributed by atoms with Crippen molar-refractivity contribution < 1.29 is 27.4 Å². The zero-order chi connectivity index (χ0) is 17.2. The summed E-state index contributed by atoms with van der Waals surface area (Å²) in [4.78, 5) is 21.6. The van der Waals surface area contributed by atoms with E-state index in [1.165, 1.54) is 0 Å². The lowest BCUT2D eigenvalue weighted by Crippen LogP contribution is -2.08. The number of carbonyl (C=O) groups is 1. The van der Waals surface area contributed by atoms with E-state index in [2.05, 4.69) is 5.16 Å². The van der Waals surface area contributed by atoms with E-state index < -0.39 is 31.3 Å². The largest absolute Gasteiger partial charge is 0.455 e. The highest BCUT2D eigenvalue weighted by Crippen LogP contribution is 2.25. The first-order valence-electron chi connectivity index (χ1n) is 6.26. The highest BCUT2D eigenvalue weighted by Gasteiger charge is 2.24. The van der Waals surface area contributed by atoms with Crippen LogP contribution in [0, 0.1) is 17.0 Å². The van der Waals surface area contributed by atoms with Gasteiger partial charge >= 0.3 is 5.97 Å². The molecule has 0 aliphatic carbocycles. The average Bonchev–Trinajstić information content (AvgIpc) is 2.88. The van der Waals surface area contributed by atoms with Crippen LogP contribution in [0.2, 0.25) is 0 Å². The minimum atomic E-state index is -3.79. The standard InChI is InChI=1S/C13H12N2O7S/c1-8-5-10(14-22-8)7-21-13(16)9-3-4-12(23(2,19)20)11(6-9)15(17)18/h3-6H,7H2,1-2H3. The van der Waals surface area contributed by atoms with Crippen LogP contribution < -0.4 is 0 Å². The van der Waals surface area contributed by atoms with Gasteiger partial charge in [-0.3, -0.25) is 10.1 Å². The van der Waals surface area contributed by atoms with Gasteiger partial charge in [0.2, 0.25) is 0 Å². The molecule has 0 radical (unpaired) electrons. The molecule has 0 aliphatic rings. The van der Waals surface area contributed by atoms with Crippen LogP contribution in [-0.2, 0) is 21.2 Å². The van der Waals surface area contributed by atoms with Gasteiger partial charge in [-0.25, -0.2) is 13.2 Å². The number of nitrogens with zero attached hydrogens (tertiary/aromatic N) is 2. The minimum absolute atomic E-state index is 0.135. The Morgan fingerprint density at radius 2 is 2.09 bits per heavy atom. The summed E-state index contributed by atoms with van der Waals surface area (Å²) in [6.45, 7) is 1.50. The molecule has 23 heavy (non-hydrogen) atoms. The van der Waals surface area contributed by atoms with E-state index in [4.69, 9.17) is 9.26 Å². The second-order valence-corrected chi connectivity index (χ2v) is 6.70. The Hall–Kier alpha value is -2.75. The lowest BCUT2D eigenvalue weighted by Gasteiger charge is -2.05. The molecule has 1 aromatic heterocycles. The summed E-state index contributed by atoms with van der Waals surface area (Å²) < 4.78 is 32.8. The molecule has 0 fully saturated rings. The van der Waals surface area contributed by atoms with Crippen LogP contribution in [0.3, 0.4) is 0 Å². The second kappa shape index (κ2) is 6.16. The van der Waals surface area contributed by atoms with Gasteiger partial charge in [-0.2, -0.15) is 0 Å². The number of ether oxygens (including phenoxy) is 1. The number of carbonyl (C=O) groups excluding carboxylic acids is 1. The summed E-state index contributed by atoms with van der Waals surface area (Å²) in [5, 5.41) is 14.6. The quantitative estimate of drug-likeness (QED) is 0.456. The fraction of sp³-hybridized carbons (Fsp3) is 0.231. The van der Waals surface area contributed by atoms with Gasteiger partial charge in [0, 0.05) is 18.4 Å².